The van der Waals surface area contributed by atoms with E-state index in [4.69, 9.17) is 0 Å². The average Bonchev–Trinajstić information content (AvgIpc) is 2.73. The molecule has 1 saturated carbocycles. The van der Waals surface area contributed by atoms with Crippen molar-refractivity contribution in [3.8, 4) is 0 Å². The Bertz CT molecular complexity index is 335. The highest BCUT2D eigenvalue weighted by Gasteiger charge is 2.49. The van der Waals surface area contributed by atoms with E-state index in [-0.39, 0.29) is 0 Å². The summed E-state index contributed by atoms with van der Waals surface area (Å²) < 4.78 is 0. The van der Waals surface area contributed by atoms with Crippen molar-refractivity contribution in [2.24, 2.45) is 5.92 Å². The summed E-state index contributed by atoms with van der Waals surface area (Å²) in [5.74, 6) is 0.955. The second-order valence-electron chi connectivity index (χ2n) is 6.48. The van der Waals surface area contributed by atoms with E-state index in [9.17, 15) is 0 Å². The molecule has 0 aromatic heterocycles. The molecule has 2 atom stereocenters. The van der Waals surface area contributed by atoms with Gasteiger partial charge in [-0.25, -0.2) is 0 Å². The number of hydrogen-bond acceptors (Lipinski definition) is 0. The zero-order chi connectivity index (χ0) is 11.7. The first kappa shape index (κ1) is 11.8. The molecular weight excluding hydrogens is 220 g/mol. The Morgan fingerprint density at radius 2 is 2.18 bits per heavy atom. The lowest BCUT2D eigenvalue weighted by Gasteiger charge is -2.46. The quantitative estimate of drug-likeness (QED) is 0.590. The van der Waals surface area contributed by atoms with Crippen molar-refractivity contribution in [3.63, 3.8) is 0 Å². The summed E-state index contributed by atoms with van der Waals surface area (Å²) in [4.78, 5) is 0. The summed E-state index contributed by atoms with van der Waals surface area (Å²) in [6, 6.07) is 4.96. The maximum atomic E-state index is 2.50. The van der Waals surface area contributed by atoms with Gasteiger partial charge in [-0.3, -0.25) is 0 Å². The van der Waals surface area contributed by atoms with E-state index in [0.29, 0.717) is 0 Å². The van der Waals surface area contributed by atoms with E-state index in [1.807, 2.05) is 5.57 Å². The summed E-state index contributed by atoms with van der Waals surface area (Å²) in [6.07, 6.45) is 16.1. The third kappa shape index (κ3) is 1.97. The molecule has 0 aromatic carbocycles. The molecule has 0 bridgehead atoms. The van der Waals surface area contributed by atoms with E-state index < -0.39 is 8.07 Å². The molecule has 1 saturated heterocycles. The molecule has 0 amide bonds. The van der Waals surface area contributed by atoms with Crippen LogP contribution in [-0.4, -0.2) is 8.07 Å². The van der Waals surface area contributed by atoms with Crippen LogP contribution in [0.1, 0.15) is 45.4 Å². The van der Waals surface area contributed by atoms with E-state index in [1.165, 1.54) is 25.7 Å². The van der Waals surface area contributed by atoms with Gasteiger partial charge in [0.2, 0.25) is 0 Å². The Balaban J connectivity index is 1.78. The largest absolute Gasteiger partial charge is 0.0839 e. The molecule has 3 rings (SSSR count). The molecule has 0 aromatic rings. The SMILES string of the molecule is CCCC[Si]1(C2CCC3CC=CC=C32)CCC1. The van der Waals surface area contributed by atoms with Crippen molar-refractivity contribution >= 4 is 8.07 Å². The van der Waals surface area contributed by atoms with E-state index in [0.717, 1.165) is 11.5 Å². The topological polar surface area (TPSA) is 0 Å². The first-order chi connectivity index (χ1) is 8.36. The molecule has 17 heavy (non-hydrogen) atoms. The number of allylic oxidation sites excluding steroid dienone is 4. The lowest BCUT2D eigenvalue weighted by Crippen LogP contribution is -2.46. The highest BCUT2D eigenvalue weighted by Crippen LogP contribution is 2.57. The molecule has 3 aliphatic rings. The first-order valence-electron chi connectivity index (χ1n) is 7.72. The van der Waals surface area contributed by atoms with Gasteiger partial charge < -0.3 is 0 Å². The van der Waals surface area contributed by atoms with Crippen LogP contribution in [0, 0.1) is 5.92 Å². The molecule has 1 aliphatic heterocycles. The third-order valence-corrected chi connectivity index (χ3v) is 11.8. The Kier molecular flexibility index (Phi) is 3.29. The minimum Gasteiger partial charge on any atom is -0.0839 e. The minimum absolute atomic E-state index is 0.841. The van der Waals surface area contributed by atoms with Crippen LogP contribution in [0.4, 0.5) is 0 Å². The Labute approximate surface area is 107 Å². The lowest BCUT2D eigenvalue weighted by atomic mass is 9.95. The number of rotatable bonds is 4. The van der Waals surface area contributed by atoms with Crippen LogP contribution in [0.3, 0.4) is 0 Å². The van der Waals surface area contributed by atoms with Crippen LogP contribution in [0.2, 0.25) is 23.7 Å². The molecule has 94 valence electrons. The number of fused-ring (bicyclic) bond motifs is 1. The van der Waals surface area contributed by atoms with Crippen molar-refractivity contribution < 1.29 is 0 Å². The summed E-state index contributed by atoms with van der Waals surface area (Å²) in [5, 5.41) is 0. The van der Waals surface area contributed by atoms with Crippen molar-refractivity contribution in [1.29, 1.82) is 0 Å². The van der Waals surface area contributed by atoms with Crippen LogP contribution >= 0.6 is 0 Å². The molecule has 0 spiro atoms. The number of hydrogen-bond donors (Lipinski definition) is 0. The fraction of sp³-hybridized carbons (Fsp3) is 0.750. The molecule has 0 nitrogen and oxygen atoms in total. The van der Waals surface area contributed by atoms with Gasteiger partial charge in [0.15, 0.2) is 0 Å². The zero-order valence-corrected chi connectivity index (χ0v) is 12.3. The van der Waals surface area contributed by atoms with Crippen molar-refractivity contribution in [2.75, 3.05) is 0 Å². The summed E-state index contributed by atoms with van der Waals surface area (Å²) in [6.45, 7) is 2.36. The van der Waals surface area contributed by atoms with Crippen LogP contribution < -0.4 is 0 Å². The second-order valence-corrected chi connectivity index (χ2v) is 11.4. The summed E-state index contributed by atoms with van der Waals surface area (Å²) in [7, 11) is -0.841. The predicted octanol–water partition coefficient (Wildman–Crippen LogP) is 5.31. The van der Waals surface area contributed by atoms with Crippen LogP contribution in [0.15, 0.2) is 23.8 Å². The van der Waals surface area contributed by atoms with Gasteiger partial charge in [-0.2, -0.15) is 0 Å². The van der Waals surface area contributed by atoms with Gasteiger partial charge in [0.05, 0.1) is 8.07 Å². The van der Waals surface area contributed by atoms with E-state index >= 15 is 0 Å². The standard InChI is InChI=1S/C16H26Si/c1-2-3-11-17(12-6-13-17)16-10-9-14-7-4-5-8-15(14)16/h4-5,8,14,16H,2-3,6-7,9-13H2,1H3. The molecule has 2 unspecified atom stereocenters. The van der Waals surface area contributed by atoms with Crippen molar-refractivity contribution in [2.45, 2.75) is 69.1 Å². The smallest absolute Gasteiger partial charge is 0.0608 e. The van der Waals surface area contributed by atoms with Gasteiger partial charge in [-0.15, -0.1) is 0 Å². The summed E-state index contributed by atoms with van der Waals surface area (Å²) in [5.41, 5.74) is 2.99. The molecule has 0 radical (unpaired) electrons. The molecule has 1 heterocycles. The zero-order valence-electron chi connectivity index (χ0n) is 11.3. The Hall–Kier alpha value is -0.303. The van der Waals surface area contributed by atoms with Crippen LogP contribution in [0.5, 0.6) is 0 Å². The third-order valence-electron chi connectivity index (χ3n) is 5.64. The highest BCUT2D eigenvalue weighted by atomic mass is 28.3. The molecule has 0 N–H and O–H groups in total. The monoisotopic (exact) mass is 246 g/mol. The minimum atomic E-state index is -0.841. The van der Waals surface area contributed by atoms with Gasteiger partial charge >= 0.3 is 0 Å². The fourth-order valence-corrected chi connectivity index (χ4v) is 10.2. The molecule has 1 heteroatoms. The van der Waals surface area contributed by atoms with Crippen LogP contribution in [0.25, 0.3) is 0 Å². The van der Waals surface area contributed by atoms with Crippen molar-refractivity contribution in [3.05, 3.63) is 23.8 Å². The molecule has 2 fully saturated rings. The highest BCUT2D eigenvalue weighted by molar-refractivity contribution is 6.84. The fourth-order valence-electron chi connectivity index (χ4n) is 4.51. The maximum Gasteiger partial charge on any atom is 0.0608 e. The van der Waals surface area contributed by atoms with Crippen LogP contribution in [-0.2, 0) is 0 Å². The predicted molar refractivity (Wildman–Crippen MR) is 78.0 cm³/mol. The van der Waals surface area contributed by atoms with Gasteiger partial charge in [0.1, 0.15) is 0 Å². The summed E-state index contributed by atoms with van der Waals surface area (Å²) >= 11 is 0. The second kappa shape index (κ2) is 4.76. The van der Waals surface area contributed by atoms with Gasteiger partial charge in [0.25, 0.3) is 0 Å². The average molecular weight is 246 g/mol. The molecule has 2 aliphatic carbocycles. The number of unbranched alkanes of at least 4 members (excludes halogenated alkanes) is 1. The lowest BCUT2D eigenvalue weighted by molar-refractivity contribution is 0.632. The molecular formula is C16H26Si. The van der Waals surface area contributed by atoms with E-state index in [2.05, 4.69) is 25.2 Å². The maximum absolute atomic E-state index is 2.50. The van der Waals surface area contributed by atoms with E-state index in [1.54, 1.807) is 31.0 Å². The van der Waals surface area contributed by atoms with Gasteiger partial charge in [-0.05, 0) is 30.7 Å². The van der Waals surface area contributed by atoms with Gasteiger partial charge in [-0.1, -0.05) is 68.1 Å². The normalized spacial score (nSPS) is 34.1. The first-order valence-corrected chi connectivity index (χ1v) is 10.4. The van der Waals surface area contributed by atoms with Gasteiger partial charge in [0, 0.05) is 0 Å². The Morgan fingerprint density at radius 1 is 1.29 bits per heavy atom. The van der Waals surface area contributed by atoms with Crippen molar-refractivity contribution in [1.82, 2.24) is 0 Å². The Morgan fingerprint density at radius 3 is 2.88 bits per heavy atom.